The van der Waals surface area contributed by atoms with Crippen molar-refractivity contribution in [3.8, 4) is 0 Å². The molecule has 0 aromatic heterocycles. The third-order valence-electron chi connectivity index (χ3n) is 5.06. The van der Waals surface area contributed by atoms with E-state index >= 15 is 0 Å². The average molecular weight is 332 g/mol. The van der Waals surface area contributed by atoms with E-state index in [4.69, 9.17) is 0 Å². The maximum Gasteiger partial charge on any atom is 0.269 e. The number of nitro groups is 1. The Morgan fingerprint density at radius 1 is 1.04 bits per heavy atom. The lowest BCUT2D eigenvalue weighted by Crippen LogP contribution is -2.54. The molecule has 0 aliphatic carbocycles. The fourth-order valence-corrected chi connectivity index (χ4v) is 3.51. The summed E-state index contributed by atoms with van der Waals surface area (Å²) in [4.78, 5) is 29.3. The van der Waals surface area contributed by atoms with E-state index in [0.29, 0.717) is 0 Å². The zero-order valence-electron chi connectivity index (χ0n) is 14.1. The molecule has 0 N–H and O–H groups in total. The minimum absolute atomic E-state index is 0.0675. The molecule has 0 saturated carbocycles. The first kappa shape index (κ1) is 16.7. The SMILES string of the molecule is C[C@H](C(=O)N1CCCC1)N1CCN(c2ccc([N+](=O)[O-])cc2)CC1. The second-order valence-electron chi connectivity index (χ2n) is 6.50. The van der Waals surface area contributed by atoms with Crippen LogP contribution in [0.3, 0.4) is 0 Å². The van der Waals surface area contributed by atoms with Gasteiger partial charge in [0.1, 0.15) is 0 Å². The minimum Gasteiger partial charge on any atom is -0.369 e. The van der Waals surface area contributed by atoms with E-state index in [1.807, 2.05) is 11.8 Å². The fraction of sp³-hybridized carbons (Fsp3) is 0.588. The Balaban J connectivity index is 1.55. The Morgan fingerprint density at radius 2 is 1.62 bits per heavy atom. The third-order valence-corrected chi connectivity index (χ3v) is 5.06. The summed E-state index contributed by atoms with van der Waals surface area (Å²) in [6.45, 7) is 7.11. The predicted octanol–water partition coefficient (Wildman–Crippen LogP) is 1.73. The summed E-state index contributed by atoms with van der Waals surface area (Å²) in [5, 5.41) is 10.7. The number of nitrogens with zero attached hydrogens (tertiary/aromatic N) is 4. The molecule has 0 unspecified atom stereocenters. The molecule has 2 aliphatic rings. The molecule has 2 saturated heterocycles. The van der Waals surface area contributed by atoms with Crippen molar-refractivity contribution in [1.29, 1.82) is 0 Å². The van der Waals surface area contributed by atoms with Crippen LogP contribution >= 0.6 is 0 Å². The van der Waals surface area contributed by atoms with E-state index in [9.17, 15) is 14.9 Å². The van der Waals surface area contributed by atoms with E-state index in [1.54, 1.807) is 24.3 Å². The maximum absolute atomic E-state index is 12.5. The molecule has 2 fully saturated rings. The average Bonchev–Trinajstić information content (AvgIpc) is 3.15. The number of nitro benzene ring substituents is 1. The Kier molecular flexibility index (Phi) is 4.99. The summed E-state index contributed by atoms with van der Waals surface area (Å²) < 4.78 is 0. The van der Waals surface area contributed by atoms with Crippen LogP contribution in [-0.4, -0.2) is 65.9 Å². The molecule has 0 bridgehead atoms. The quantitative estimate of drug-likeness (QED) is 0.620. The Labute approximate surface area is 142 Å². The highest BCUT2D eigenvalue weighted by Gasteiger charge is 2.29. The second-order valence-corrected chi connectivity index (χ2v) is 6.50. The number of anilines is 1. The second kappa shape index (κ2) is 7.17. The third kappa shape index (κ3) is 3.51. The molecule has 2 aliphatic heterocycles. The lowest BCUT2D eigenvalue weighted by atomic mass is 10.2. The Bertz CT molecular complexity index is 590. The van der Waals surface area contributed by atoms with Crippen LogP contribution in [0.4, 0.5) is 11.4 Å². The first-order valence-electron chi connectivity index (χ1n) is 8.58. The minimum atomic E-state index is -0.382. The van der Waals surface area contributed by atoms with Crippen LogP contribution in [0.1, 0.15) is 19.8 Å². The highest BCUT2D eigenvalue weighted by atomic mass is 16.6. The molecule has 2 heterocycles. The maximum atomic E-state index is 12.5. The molecule has 3 rings (SSSR count). The first-order valence-corrected chi connectivity index (χ1v) is 8.58. The summed E-state index contributed by atoms with van der Waals surface area (Å²) in [6.07, 6.45) is 2.23. The molecular formula is C17H24N4O3. The van der Waals surface area contributed by atoms with Gasteiger partial charge in [-0.1, -0.05) is 0 Å². The van der Waals surface area contributed by atoms with Crippen molar-refractivity contribution >= 4 is 17.3 Å². The molecule has 7 nitrogen and oxygen atoms in total. The van der Waals surface area contributed by atoms with Crippen LogP contribution in [0.2, 0.25) is 0 Å². The Morgan fingerprint density at radius 3 is 2.17 bits per heavy atom. The first-order chi connectivity index (χ1) is 11.6. The molecule has 1 atom stereocenters. The Hall–Kier alpha value is -2.15. The number of rotatable bonds is 4. The normalized spacial score (nSPS) is 20.2. The van der Waals surface area contributed by atoms with Gasteiger partial charge in [-0.3, -0.25) is 19.8 Å². The predicted molar refractivity (Wildman–Crippen MR) is 92.2 cm³/mol. The van der Waals surface area contributed by atoms with Crippen LogP contribution in [-0.2, 0) is 4.79 Å². The highest BCUT2D eigenvalue weighted by Crippen LogP contribution is 2.21. The summed E-state index contributed by atoms with van der Waals surface area (Å²) in [5.41, 5.74) is 1.11. The van der Waals surface area contributed by atoms with Gasteiger partial charge < -0.3 is 9.80 Å². The van der Waals surface area contributed by atoms with Gasteiger partial charge in [0.15, 0.2) is 0 Å². The molecule has 130 valence electrons. The number of carbonyl (C=O) groups excluding carboxylic acids is 1. The van der Waals surface area contributed by atoms with E-state index in [2.05, 4.69) is 9.80 Å². The van der Waals surface area contributed by atoms with E-state index in [0.717, 1.165) is 57.8 Å². The van der Waals surface area contributed by atoms with Gasteiger partial charge in [0.2, 0.25) is 5.91 Å². The van der Waals surface area contributed by atoms with Crippen LogP contribution < -0.4 is 4.90 Å². The summed E-state index contributed by atoms with van der Waals surface area (Å²) in [7, 11) is 0. The topological polar surface area (TPSA) is 69.9 Å². The van der Waals surface area contributed by atoms with Crippen LogP contribution in [0.15, 0.2) is 24.3 Å². The molecule has 0 radical (unpaired) electrons. The largest absolute Gasteiger partial charge is 0.369 e. The van der Waals surface area contributed by atoms with E-state index in [-0.39, 0.29) is 22.6 Å². The van der Waals surface area contributed by atoms with E-state index in [1.165, 1.54) is 0 Å². The van der Waals surface area contributed by atoms with Gasteiger partial charge in [-0.05, 0) is 31.9 Å². The summed E-state index contributed by atoms with van der Waals surface area (Å²) in [6, 6.07) is 6.61. The number of likely N-dealkylation sites (tertiary alicyclic amines) is 1. The van der Waals surface area contributed by atoms with Crippen molar-refractivity contribution in [2.24, 2.45) is 0 Å². The number of hydrogen-bond donors (Lipinski definition) is 0. The zero-order chi connectivity index (χ0) is 17.1. The van der Waals surface area contributed by atoms with Gasteiger partial charge in [0.25, 0.3) is 5.69 Å². The van der Waals surface area contributed by atoms with Crippen molar-refractivity contribution in [3.63, 3.8) is 0 Å². The standard InChI is InChI=1S/C17H24N4O3/c1-14(17(22)20-8-2-3-9-20)18-10-12-19(13-11-18)15-4-6-16(7-5-15)21(23)24/h4-7,14H,2-3,8-13H2,1H3/t14-/m1/s1. The van der Waals surface area contributed by atoms with E-state index < -0.39 is 0 Å². The smallest absolute Gasteiger partial charge is 0.269 e. The number of benzene rings is 1. The van der Waals surface area contributed by atoms with Crippen molar-refractivity contribution in [2.75, 3.05) is 44.2 Å². The molecule has 1 aromatic carbocycles. The molecule has 24 heavy (non-hydrogen) atoms. The number of amides is 1. The van der Waals surface area contributed by atoms with Gasteiger partial charge in [0.05, 0.1) is 11.0 Å². The molecule has 1 amide bonds. The summed E-state index contributed by atoms with van der Waals surface area (Å²) >= 11 is 0. The van der Waals surface area contributed by atoms with Gasteiger partial charge in [0, 0.05) is 57.1 Å². The number of piperazine rings is 1. The van der Waals surface area contributed by atoms with Crippen molar-refractivity contribution in [2.45, 2.75) is 25.8 Å². The number of carbonyl (C=O) groups is 1. The lowest BCUT2D eigenvalue weighted by molar-refractivity contribution is -0.384. The van der Waals surface area contributed by atoms with Gasteiger partial charge in [-0.2, -0.15) is 0 Å². The summed E-state index contributed by atoms with van der Waals surface area (Å²) in [5.74, 6) is 0.247. The van der Waals surface area contributed by atoms with Gasteiger partial charge in [-0.25, -0.2) is 0 Å². The van der Waals surface area contributed by atoms with Crippen LogP contribution in [0.5, 0.6) is 0 Å². The van der Waals surface area contributed by atoms with Crippen LogP contribution in [0, 0.1) is 10.1 Å². The lowest BCUT2D eigenvalue weighted by Gasteiger charge is -2.39. The van der Waals surface area contributed by atoms with Gasteiger partial charge in [-0.15, -0.1) is 0 Å². The molecule has 0 spiro atoms. The monoisotopic (exact) mass is 332 g/mol. The van der Waals surface area contributed by atoms with Crippen molar-refractivity contribution in [1.82, 2.24) is 9.80 Å². The molecular weight excluding hydrogens is 308 g/mol. The van der Waals surface area contributed by atoms with Gasteiger partial charge >= 0.3 is 0 Å². The highest BCUT2D eigenvalue weighted by molar-refractivity contribution is 5.81. The van der Waals surface area contributed by atoms with Crippen molar-refractivity contribution in [3.05, 3.63) is 34.4 Å². The van der Waals surface area contributed by atoms with Crippen LogP contribution in [0.25, 0.3) is 0 Å². The van der Waals surface area contributed by atoms with Crippen molar-refractivity contribution < 1.29 is 9.72 Å². The zero-order valence-corrected chi connectivity index (χ0v) is 14.1. The fourth-order valence-electron chi connectivity index (χ4n) is 3.51. The molecule has 7 heteroatoms. The number of hydrogen-bond acceptors (Lipinski definition) is 5. The number of non-ortho nitro benzene ring substituents is 1. The molecule has 1 aromatic rings.